The number of esters is 1. The van der Waals surface area contributed by atoms with E-state index < -0.39 is 11.3 Å². The van der Waals surface area contributed by atoms with Crippen molar-refractivity contribution < 1.29 is 9.53 Å². The quantitative estimate of drug-likeness (QED) is 0.463. The maximum atomic E-state index is 11.2. The molecule has 0 saturated carbocycles. The molecule has 0 saturated heterocycles. The molecule has 15 heavy (non-hydrogen) atoms. The van der Waals surface area contributed by atoms with Crippen LogP contribution < -0.4 is 4.74 Å². The summed E-state index contributed by atoms with van der Waals surface area (Å²) < 4.78 is 4.90. The molecule has 6 heteroatoms. The summed E-state index contributed by atoms with van der Waals surface area (Å²) in [4.78, 5) is 11.2. The van der Waals surface area contributed by atoms with Gasteiger partial charge < -0.3 is 4.74 Å². The number of benzene rings is 1. The Kier molecular flexibility index (Phi) is 4.53. The normalized spacial score (nSPS) is 12.3. The molecule has 0 aliphatic rings. The van der Waals surface area contributed by atoms with E-state index in [1.54, 1.807) is 0 Å². The van der Waals surface area contributed by atoms with Crippen LogP contribution in [-0.4, -0.2) is 11.3 Å². The zero-order valence-corrected chi connectivity index (χ0v) is 10.6. The molecule has 0 fully saturated rings. The Balaban J connectivity index is 3.00. The minimum absolute atomic E-state index is 0.0697. The number of halogens is 4. The molecular formula is C9H6Cl4O2. The molecule has 0 aliphatic carbocycles. The first-order valence-electron chi connectivity index (χ1n) is 3.92. The SMILES string of the molecule is CC(Cl)C(=O)Oc1c(Cl)cc(Cl)cc1Cl. The number of carbonyl (C=O) groups excluding carboxylic acids is 1. The molecule has 2 nitrogen and oxygen atoms in total. The fourth-order valence-corrected chi connectivity index (χ4v) is 1.75. The van der Waals surface area contributed by atoms with Crippen LogP contribution in [0.25, 0.3) is 0 Å². The van der Waals surface area contributed by atoms with Gasteiger partial charge in [0, 0.05) is 5.02 Å². The van der Waals surface area contributed by atoms with E-state index in [4.69, 9.17) is 51.1 Å². The first kappa shape index (κ1) is 12.9. The first-order chi connectivity index (χ1) is 6.91. The second-order valence-electron chi connectivity index (χ2n) is 2.74. The molecule has 0 aromatic heterocycles. The molecule has 0 aliphatic heterocycles. The summed E-state index contributed by atoms with van der Waals surface area (Å²) >= 11 is 22.8. The van der Waals surface area contributed by atoms with Crippen molar-refractivity contribution in [3.63, 3.8) is 0 Å². The highest BCUT2D eigenvalue weighted by molar-refractivity contribution is 6.40. The average Bonchev–Trinajstić information content (AvgIpc) is 2.10. The standard InChI is InChI=1S/C9H6Cl4O2/c1-4(10)9(14)15-8-6(12)2-5(11)3-7(8)13/h2-4H,1H3. The number of hydrogen-bond acceptors (Lipinski definition) is 2. The van der Waals surface area contributed by atoms with Crippen molar-refractivity contribution in [3.8, 4) is 5.75 Å². The van der Waals surface area contributed by atoms with E-state index in [1.165, 1.54) is 19.1 Å². The molecule has 0 N–H and O–H groups in total. The second kappa shape index (κ2) is 5.26. The van der Waals surface area contributed by atoms with E-state index in [-0.39, 0.29) is 15.8 Å². The van der Waals surface area contributed by atoms with Gasteiger partial charge in [-0.2, -0.15) is 0 Å². The molecular weight excluding hydrogens is 282 g/mol. The largest absolute Gasteiger partial charge is 0.422 e. The highest BCUT2D eigenvalue weighted by atomic mass is 35.5. The van der Waals surface area contributed by atoms with E-state index in [0.29, 0.717) is 5.02 Å². The minimum atomic E-state index is -0.771. The van der Waals surface area contributed by atoms with Crippen molar-refractivity contribution in [2.24, 2.45) is 0 Å². The van der Waals surface area contributed by atoms with Gasteiger partial charge in [-0.05, 0) is 19.1 Å². The topological polar surface area (TPSA) is 26.3 Å². The van der Waals surface area contributed by atoms with Gasteiger partial charge in [0.25, 0.3) is 0 Å². The van der Waals surface area contributed by atoms with Crippen LogP contribution in [0.2, 0.25) is 15.1 Å². The molecule has 82 valence electrons. The van der Waals surface area contributed by atoms with Gasteiger partial charge in [-0.1, -0.05) is 34.8 Å². The van der Waals surface area contributed by atoms with Gasteiger partial charge in [-0.25, -0.2) is 0 Å². The van der Waals surface area contributed by atoms with Crippen LogP contribution >= 0.6 is 46.4 Å². The second-order valence-corrected chi connectivity index (χ2v) is 4.64. The monoisotopic (exact) mass is 286 g/mol. The summed E-state index contributed by atoms with van der Waals surface area (Å²) in [6.45, 7) is 1.49. The number of ether oxygens (including phenoxy) is 1. The smallest absolute Gasteiger partial charge is 0.329 e. The summed E-state index contributed by atoms with van der Waals surface area (Å²) in [6, 6.07) is 2.85. The van der Waals surface area contributed by atoms with Crippen molar-refractivity contribution in [3.05, 3.63) is 27.2 Å². The fraction of sp³-hybridized carbons (Fsp3) is 0.222. The van der Waals surface area contributed by atoms with E-state index in [2.05, 4.69) is 0 Å². The molecule has 0 spiro atoms. The Hall–Kier alpha value is -0.150. The lowest BCUT2D eigenvalue weighted by atomic mass is 10.3. The van der Waals surface area contributed by atoms with E-state index in [9.17, 15) is 4.79 Å². The molecule has 0 bridgehead atoms. The first-order valence-corrected chi connectivity index (χ1v) is 5.49. The summed E-state index contributed by atoms with van der Waals surface area (Å²) in [5, 5.41) is -0.0761. The van der Waals surface area contributed by atoms with Crippen LogP contribution in [0.5, 0.6) is 5.75 Å². The molecule has 1 aromatic carbocycles. The van der Waals surface area contributed by atoms with Crippen LogP contribution in [0.3, 0.4) is 0 Å². The number of hydrogen-bond donors (Lipinski definition) is 0. The Morgan fingerprint density at radius 3 is 2.13 bits per heavy atom. The summed E-state index contributed by atoms with van der Waals surface area (Å²) in [6.07, 6.45) is 0. The Morgan fingerprint density at radius 2 is 1.73 bits per heavy atom. The maximum Gasteiger partial charge on any atom is 0.329 e. The van der Waals surface area contributed by atoms with Crippen LogP contribution in [0.15, 0.2) is 12.1 Å². The summed E-state index contributed by atoms with van der Waals surface area (Å²) in [7, 11) is 0. The zero-order chi connectivity index (χ0) is 11.6. The van der Waals surface area contributed by atoms with Crippen molar-refractivity contribution in [1.29, 1.82) is 0 Å². The Labute approximate surface area is 107 Å². The summed E-state index contributed by atoms with van der Waals surface area (Å²) in [5.74, 6) is -0.553. The average molecular weight is 288 g/mol. The highest BCUT2D eigenvalue weighted by Crippen LogP contribution is 2.36. The third-order valence-electron chi connectivity index (χ3n) is 1.49. The molecule has 1 unspecified atom stereocenters. The molecule has 0 amide bonds. The van der Waals surface area contributed by atoms with Crippen molar-refractivity contribution in [2.75, 3.05) is 0 Å². The van der Waals surface area contributed by atoms with Crippen molar-refractivity contribution in [2.45, 2.75) is 12.3 Å². The predicted molar refractivity (Wildman–Crippen MR) is 62.4 cm³/mol. The lowest BCUT2D eigenvalue weighted by Gasteiger charge is -2.09. The third-order valence-corrected chi connectivity index (χ3v) is 2.45. The fourth-order valence-electron chi connectivity index (χ4n) is 0.808. The molecule has 1 aromatic rings. The van der Waals surface area contributed by atoms with Crippen molar-refractivity contribution in [1.82, 2.24) is 0 Å². The van der Waals surface area contributed by atoms with Gasteiger partial charge in [-0.15, -0.1) is 11.6 Å². The van der Waals surface area contributed by atoms with Gasteiger partial charge >= 0.3 is 5.97 Å². The Morgan fingerprint density at radius 1 is 1.27 bits per heavy atom. The lowest BCUT2D eigenvalue weighted by molar-refractivity contribution is -0.133. The van der Waals surface area contributed by atoms with E-state index in [1.807, 2.05) is 0 Å². The number of carbonyl (C=O) groups is 1. The van der Waals surface area contributed by atoms with Crippen LogP contribution in [-0.2, 0) is 4.79 Å². The molecule has 0 radical (unpaired) electrons. The molecule has 0 heterocycles. The highest BCUT2D eigenvalue weighted by Gasteiger charge is 2.17. The van der Waals surface area contributed by atoms with Gasteiger partial charge in [0.15, 0.2) is 5.75 Å². The molecule has 1 rings (SSSR count). The van der Waals surface area contributed by atoms with Crippen LogP contribution in [0, 0.1) is 0 Å². The molecule has 1 atom stereocenters. The van der Waals surface area contributed by atoms with E-state index in [0.717, 1.165) is 0 Å². The van der Waals surface area contributed by atoms with E-state index >= 15 is 0 Å². The van der Waals surface area contributed by atoms with Gasteiger partial charge in [0.1, 0.15) is 5.38 Å². The van der Waals surface area contributed by atoms with Crippen molar-refractivity contribution >= 4 is 52.4 Å². The third kappa shape index (κ3) is 3.42. The van der Waals surface area contributed by atoms with Crippen LogP contribution in [0.1, 0.15) is 6.92 Å². The Bertz CT molecular complexity index is 367. The summed E-state index contributed by atoms with van der Waals surface area (Å²) in [5.41, 5.74) is 0. The number of rotatable bonds is 2. The number of alkyl halides is 1. The van der Waals surface area contributed by atoms with Gasteiger partial charge in [0.05, 0.1) is 10.0 Å². The van der Waals surface area contributed by atoms with Crippen LogP contribution in [0.4, 0.5) is 0 Å². The van der Waals surface area contributed by atoms with Gasteiger partial charge in [-0.3, -0.25) is 4.79 Å². The zero-order valence-electron chi connectivity index (χ0n) is 7.56. The lowest BCUT2D eigenvalue weighted by Crippen LogP contribution is -2.17. The minimum Gasteiger partial charge on any atom is -0.422 e. The maximum absolute atomic E-state index is 11.2. The predicted octanol–water partition coefficient (Wildman–Crippen LogP) is 4.18. The van der Waals surface area contributed by atoms with Gasteiger partial charge in [0.2, 0.25) is 0 Å².